The molecular weight excluding hydrogens is 807 g/mol. The Labute approximate surface area is 358 Å². The molecule has 2 atom stereocenters. The Morgan fingerprint density at radius 1 is 0.730 bits per heavy atom. The SMILES string of the molecule is CCCN1C(C)=C(C(=O)OC)[C@@]2(C(c3nc(-c4ccc([N+](=O)[O-])cc4)nn3-c3ccccc3)c3nc(-c4ccc([N+](=O)[O-])cc4)nn3-c3ccccc3)C(=O)c3ccccc3[C@@]12O. The summed E-state index contributed by atoms with van der Waals surface area (Å²) >= 11 is 0. The van der Waals surface area contributed by atoms with E-state index in [4.69, 9.17) is 24.9 Å². The molecule has 2 aliphatic rings. The van der Waals surface area contributed by atoms with E-state index < -0.39 is 38.7 Å². The molecule has 0 fully saturated rings. The molecule has 1 aliphatic heterocycles. The van der Waals surface area contributed by atoms with Crippen LogP contribution < -0.4 is 0 Å². The number of nitro groups is 2. The van der Waals surface area contributed by atoms with Crippen molar-refractivity contribution >= 4 is 23.1 Å². The number of benzene rings is 5. The number of Topliss-reactive ketones (excluding diaryl/α,β-unsaturated/α-hetero) is 1. The van der Waals surface area contributed by atoms with Gasteiger partial charge in [-0.2, -0.15) is 0 Å². The second kappa shape index (κ2) is 15.4. The van der Waals surface area contributed by atoms with Crippen LogP contribution in [0.4, 0.5) is 11.4 Å². The summed E-state index contributed by atoms with van der Waals surface area (Å²) in [4.78, 5) is 65.1. The first-order valence-electron chi connectivity index (χ1n) is 19.9. The average Bonchev–Trinajstić information content (AvgIpc) is 4.04. The summed E-state index contributed by atoms with van der Waals surface area (Å²) in [6, 6.07) is 35.9. The minimum Gasteiger partial charge on any atom is -0.466 e. The van der Waals surface area contributed by atoms with E-state index in [1.807, 2.05) is 19.1 Å². The van der Waals surface area contributed by atoms with Crippen LogP contribution in [0.2, 0.25) is 0 Å². The molecule has 7 aromatic rings. The van der Waals surface area contributed by atoms with Crippen molar-refractivity contribution in [3.8, 4) is 34.2 Å². The van der Waals surface area contributed by atoms with Crippen LogP contribution >= 0.6 is 0 Å². The standard InChI is InChI=1S/C46H37N9O8/c1-4-27-51-28(2)37(44(57)63-3)45(39(56)35-17-11-12-18-36(35)46(45,51)58)38(42-47-40(29-19-23-33(24-20-29)54(59)60)49-52(42)31-13-7-5-8-14-31)43-48-41(30-21-25-34(26-22-30)55(61)62)50-53(43)32-15-9-6-10-16-32/h5-26,38,58H,4,27H2,1-3H3/t45-,46+/m1/s1. The van der Waals surface area contributed by atoms with Crippen LogP contribution in [0.25, 0.3) is 34.2 Å². The number of aliphatic hydroxyl groups is 1. The summed E-state index contributed by atoms with van der Waals surface area (Å²) in [6.07, 6.45) is 0.500. The fourth-order valence-electron chi connectivity index (χ4n) is 9.07. The van der Waals surface area contributed by atoms with Gasteiger partial charge in [0, 0.05) is 58.8 Å². The molecule has 0 bridgehead atoms. The number of aromatic nitrogens is 6. The summed E-state index contributed by atoms with van der Waals surface area (Å²) in [5, 5.41) is 47.3. The van der Waals surface area contributed by atoms with Gasteiger partial charge in [-0.3, -0.25) is 25.0 Å². The third-order valence-electron chi connectivity index (χ3n) is 11.7. The van der Waals surface area contributed by atoms with Crippen molar-refractivity contribution in [3.63, 3.8) is 0 Å². The van der Waals surface area contributed by atoms with Crippen LogP contribution in [0.15, 0.2) is 145 Å². The minimum absolute atomic E-state index is 0.0431. The van der Waals surface area contributed by atoms with Gasteiger partial charge in [-0.05, 0) is 61.9 Å². The lowest BCUT2D eigenvalue weighted by Crippen LogP contribution is -2.56. The lowest BCUT2D eigenvalue weighted by Gasteiger charge is -2.45. The second-order valence-electron chi connectivity index (χ2n) is 15.1. The van der Waals surface area contributed by atoms with Crippen LogP contribution in [-0.4, -0.2) is 74.8 Å². The number of fused-ring (bicyclic) bond motifs is 3. The fraction of sp³-hybridized carbons (Fsp3) is 0.174. The van der Waals surface area contributed by atoms with Crippen LogP contribution in [0.5, 0.6) is 0 Å². The molecule has 1 aliphatic carbocycles. The Hall–Kier alpha value is -8.18. The molecule has 0 saturated heterocycles. The van der Waals surface area contributed by atoms with Gasteiger partial charge in [-0.15, -0.1) is 10.2 Å². The van der Waals surface area contributed by atoms with Crippen molar-refractivity contribution in [2.24, 2.45) is 5.41 Å². The van der Waals surface area contributed by atoms with Crippen LogP contribution in [0.1, 0.15) is 53.8 Å². The predicted octanol–water partition coefficient (Wildman–Crippen LogP) is 7.33. The Kier molecular flexibility index (Phi) is 9.82. The molecule has 314 valence electrons. The van der Waals surface area contributed by atoms with Gasteiger partial charge in [0.2, 0.25) is 0 Å². The van der Waals surface area contributed by atoms with Gasteiger partial charge in [-0.25, -0.2) is 24.1 Å². The molecule has 0 saturated carbocycles. The van der Waals surface area contributed by atoms with E-state index in [0.717, 1.165) is 0 Å². The molecule has 5 aromatic carbocycles. The molecule has 17 nitrogen and oxygen atoms in total. The number of para-hydroxylation sites is 2. The number of hydrogen-bond acceptors (Lipinski definition) is 13. The van der Waals surface area contributed by atoms with E-state index in [1.165, 1.54) is 65.0 Å². The van der Waals surface area contributed by atoms with Crippen molar-refractivity contribution in [1.29, 1.82) is 0 Å². The lowest BCUT2D eigenvalue weighted by molar-refractivity contribution is -0.385. The molecule has 63 heavy (non-hydrogen) atoms. The Bertz CT molecular complexity index is 2850. The van der Waals surface area contributed by atoms with Crippen LogP contribution in [-0.2, 0) is 15.3 Å². The Morgan fingerprint density at radius 2 is 1.19 bits per heavy atom. The number of esters is 1. The number of hydrogen-bond donors (Lipinski definition) is 1. The number of non-ortho nitro benzene ring substituents is 2. The molecule has 17 heteroatoms. The van der Waals surface area contributed by atoms with Gasteiger partial charge in [0.05, 0.1) is 33.9 Å². The van der Waals surface area contributed by atoms with E-state index in [2.05, 4.69) is 0 Å². The third-order valence-corrected chi connectivity index (χ3v) is 11.7. The van der Waals surface area contributed by atoms with E-state index >= 15 is 4.79 Å². The van der Waals surface area contributed by atoms with Gasteiger partial charge < -0.3 is 14.7 Å². The van der Waals surface area contributed by atoms with Gasteiger partial charge in [0.25, 0.3) is 11.4 Å². The lowest BCUT2D eigenvalue weighted by atomic mass is 9.62. The molecular formula is C46H37N9O8. The zero-order valence-corrected chi connectivity index (χ0v) is 34.0. The summed E-state index contributed by atoms with van der Waals surface area (Å²) in [5.41, 5.74) is -2.62. The zero-order chi connectivity index (χ0) is 44.2. The first-order valence-corrected chi connectivity index (χ1v) is 19.9. The van der Waals surface area contributed by atoms with E-state index in [9.17, 15) is 30.1 Å². The molecule has 0 spiro atoms. The highest BCUT2D eigenvalue weighted by atomic mass is 16.6. The number of ether oxygens (including phenoxy) is 1. The smallest absolute Gasteiger partial charge is 0.336 e. The average molecular weight is 844 g/mol. The molecule has 1 N–H and O–H groups in total. The molecule has 0 unspecified atom stereocenters. The molecule has 0 amide bonds. The van der Waals surface area contributed by atoms with E-state index in [0.29, 0.717) is 34.6 Å². The van der Waals surface area contributed by atoms with Gasteiger partial charge in [0.15, 0.2) is 23.2 Å². The molecule has 0 radical (unpaired) electrons. The maximum atomic E-state index is 16.1. The second-order valence-corrected chi connectivity index (χ2v) is 15.1. The number of ketones is 1. The molecule has 2 aromatic heterocycles. The molecule has 9 rings (SSSR count). The van der Waals surface area contributed by atoms with Crippen LogP contribution in [0, 0.1) is 25.6 Å². The Morgan fingerprint density at radius 3 is 1.63 bits per heavy atom. The summed E-state index contributed by atoms with van der Waals surface area (Å²) in [5.74, 6) is -2.76. The Balaban J connectivity index is 1.46. The van der Waals surface area contributed by atoms with E-state index in [-0.39, 0.29) is 57.9 Å². The third kappa shape index (κ3) is 6.03. The van der Waals surface area contributed by atoms with Crippen molar-refractivity contribution in [2.45, 2.75) is 31.9 Å². The number of allylic oxidation sites excluding steroid dienone is 1. The quantitative estimate of drug-likeness (QED) is 0.0725. The summed E-state index contributed by atoms with van der Waals surface area (Å²) in [6.45, 7) is 3.79. The highest BCUT2D eigenvalue weighted by molar-refractivity contribution is 6.15. The number of carbonyl (C=O) groups excluding carboxylic acids is 2. The highest BCUT2D eigenvalue weighted by Crippen LogP contribution is 2.68. The summed E-state index contributed by atoms with van der Waals surface area (Å²) < 4.78 is 8.55. The fourth-order valence-corrected chi connectivity index (χ4v) is 9.07. The predicted molar refractivity (Wildman–Crippen MR) is 228 cm³/mol. The maximum absolute atomic E-state index is 16.1. The highest BCUT2D eigenvalue weighted by Gasteiger charge is 2.77. The van der Waals surface area contributed by atoms with E-state index in [1.54, 1.807) is 84.6 Å². The largest absolute Gasteiger partial charge is 0.466 e. The topological polar surface area (TPSA) is 215 Å². The van der Waals surface area contributed by atoms with Gasteiger partial charge in [0.1, 0.15) is 23.0 Å². The van der Waals surface area contributed by atoms with Crippen molar-refractivity contribution in [1.82, 2.24) is 34.4 Å². The van der Waals surface area contributed by atoms with Gasteiger partial charge >= 0.3 is 5.97 Å². The minimum atomic E-state index is -2.32. The number of carbonyl (C=O) groups is 2. The van der Waals surface area contributed by atoms with Gasteiger partial charge in [-0.1, -0.05) is 67.6 Å². The molecule has 3 heterocycles. The van der Waals surface area contributed by atoms with Crippen molar-refractivity contribution in [2.75, 3.05) is 13.7 Å². The summed E-state index contributed by atoms with van der Waals surface area (Å²) in [7, 11) is 1.21. The number of nitro benzene ring substituents is 2. The normalized spacial score (nSPS) is 17.9. The number of methoxy groups -OCH3 is 1. The zero-order valence-electron chi connectivity index (χ0n) is 34.0. The maximum Gasteiger partial charge on any atom is 0.336 e. The van der Waals surface area contributed by atoms with Crippen LogP contribution in [0.3, 0.4) is 0 Å². The van der Waals surface area contributed by atoms with Crippen molar-refractivity contribution in [3.05, 3.63) is 188 Å². The number of nitrogens with zero attached hydrogens (tertiary/aromatic N) is 9. The number of rotatable bonds is 12. The van der Waals surface area contributed by atoms with Crippen molar-refractivity contribution < 1.29 is 29.3 Å². The monoisotopic (exact) mass is 843 g/mol. The first kappa shape index (κ1) is 40.2. The first-order chi connectivity index (χ1) is 30.4.